The van der Waals surface area contributed by atoms with Crippen molar-refractivity contribution in [2.75, 3.05) is 6.61 Å². The number of carbonyl (C=O) groups is 2. The third-order valence-corrected chi connectivity index (χ3v) is 4.81. The second kappa shape index (κ2) is 15.7. The first-order valence-electron chi connectivity index (χ1n) is 10.9. The Balaban J connectivity index is 2.04. The van der Waals surface area contributed by atoms with Crippen LogP contribution in [0.1, 0.15) is 89.5 Å². The minimum absolute atomic E-state index is 0.176. The molecule has 30 heavy (non-hydrogen) atoms. The van der Waals surface area contributed by atoms with Gasteiger partial charge in [0.05, 0.1) is 25.0 Å². The van der Waals surface area contributed by atoms with Crippen LogP contribution in [0.4, 0.5) is 13.2 Å². The van der Waals surface area contributed by atoms with Gasteiger partial charge in [-0.1, -0.05) is 64.7 Å². The Kier molecular flexibility index (Phi) is 13.6. The lowest BCUT2D eigenvalue weighted by molar-refractivity contribution is -0.151. The van der Waals surface area contributed by atoms with Crippen LogP contribution in [0.2, 0.25) is 0 Å². The van der Waals surface area contributed by atoms with Crippen molar-refractivity contribution >= 4 is 11.9 Å². The van der Waals surface area contributed by atoms with E-state index in [1.54, 1.807) is 0 Å². The van der Waals surface area contributed by atoms with E-state index in [-0.39, 0.29) is 12.8 Å². The summed E-state index contributed by atoms with van der Waals surface area (Å²) in [5.74, 6) is -4.95. The maximum atomic E-state index is 13.5. The molecule has 7 heteroatoms. The van der Waals surface area contributed by atoms with Gasteiger partial charge >= 0.3 is 11.9 Å². The summed E-state index contributed by atoms with van der Waals surface area (Å²) in [6.07, 6.45) is 11.4. The van der Waals surface area contributed by atoms with Gasteiger partial charge in [-0.15, -0.1) is 0 Å². The summed E-state index contributed by atoms with van der Waals surface area (Å²) in [5.41, 5.74) is -0.660. The number of hydrogen-bond acceptors (Lipinski definition) is 4. The molecule has 0 amide bonds. The second-order valence-electron chi connectivity index (χ2n) is 7.38. The van der Waals surface area contributed by atoms with Gasteiger partial charge in [-0.3, -0.25) is 9.59 Å². The molecule has 0 atom stereocenters. The van der Waals surface area contributed by atoms with Gasteiger partial charge in [0, 0.05) is 0 Å². The predicted octanol–water partition coefficient (Wildman–Crippen LogP) is 6.39. The molecule has 0 aliphatic heterocycles. The lowest BCUT2D eigenvalue weighted by atomic mass is 10.1. The van der Waals surface area contributed by atoms with Crippen molar-refractivity contribution < 1.29 is 32.2 Å². The molecule has 0 saturated carbocycles. The fourth-order valence-corrected chi connectivity index (χ4v) is 2.98. The first-order valence-corrected chi connectivity index (χ1v) is 10.9. The number of esters is 2. The normalized spacial score (nSPS) is 10.8. The highest BCUT2D eigenvalue weighted by atomic mass is 19.2. The number of unbranched alkanes of at least 4 members (excludes halogenated alkanes) is 9. The smallest absolute Gasteiger partial charge is 0.306 e. The highest BCUT2D eigenvalue weighted by Crippen LogP contribution is 2.17. The number of benzene rings is 1. The number of rotatable bonds is 16. The summed E-state index contributed by atoms with van der Waals surface area (Å²) in [5, 5.41) is 0. The molecule has 0 aliphatic carbocycles. The quantitative estimate of drug-likeness (QED) is 0.173. The molecule has 0 unspecified atom stereocenters. The van der Waals surface area contributed by atoms with E-state index in [4.69, 9.17) is 9.47 Å². The van der Waals surface area contributed by atoms with E-state index in [0.717, 1.165) is 25.3 Å². The number of ether oxygens (including phenoxy) is 2. The maximum Gasteiger partial charge on any atom is 0.306 e. The van der Waals surface area contributed by atoms with Gasteiger partial charge in [0.25, 0.3) is 0 Å². The first kappa shape index (κ1) is 26.0. The molecule has 0 heterocycles. The Morgan fingerprint density at radius 2 is 1.23 bits per heavy atom. The van der Waals surface area contributed by atoms with E-state index in [9.17, 15) is 22.8 Å². The number of hydrogen-bond donors (Lipinski definition) is 0. The van der Waals surface area contributed by atoms with E-state index in [0.29, 0.717) is 12.7 Å². The molecule has 0 bridgehead atoms. The van der Waals surface area contributed by atoms with Gasteiger partial charge in [0.1, 0.15) is 12.4 Å². The zero-order valence-electron chi connectivity index (χ0n) is 17.8. The minimum Gasteiger partial charge on any atom is -0.466 e. The van der Waals surface area contributed by atoms with E-state index in [1.165, 1.54) is 44.9 Å². The van der Waals surface area contributed by atoms with Crippen LogP contribution < -0.4 is 0 Å². The molecule has 0 saturated heterocycles. The van der Waals surface area contributed by atoms with Crippen LogP contribution in [-0.4, -0.2) is 18.5 Å². The van der Waals surface area contributed by atoms with Crippen molar-refractivity contribution in [2.45, 2.75) is 90.6 Å². The lowest BCUT2D eigenvalue weighted by Gasteiger charge is -2.08. The van der Waals surface area contributed by atoms with Crippen molar-refractivity contribution in [2.24, 2.45) is 0 Å². The van der Waals surface area contributed by atoms with Gasteiger partial charge in [0.15, 0.2) is 11.6 Å². The maximum absolute atomic E-state index is 13.5. The molecule has 4 nitrogen and oxygen atoms in total. The van der Waals surface area contributed by atoms with E-state index in [2.05, 4.69) is 6.92 Å². The Morgan fingerprint density at radius 1 is 0.733 bits per heavy atom. The highest BCUT2D eigenvalue weighted by Gasteiger charge is 2.16. The molecule has 1 aromatic rings. The average Bonchev–Trinajstić information content (AvgIpc) is 2.73. The fourth-order valence-electron chi connectivity index (χ4n) is 2.98. The third-order valence-electron chi connectivity index (χ3n) is 4.81. The van der Waals surface area contributed by atoms with Gasteiger partial charge in [-0.2, -0.15) is 0 Å². The number of halogens is 3. The van der Waals surface area contributed by atoms with Crippen LogP contribution in [-0.2, 0) is 25.7 Å². The lowest BCUT2D eigenvalue weighted by Crippen LogP contribution is -2.12. The highest BCUT2D eigenvalue weighted by molar-refractivity contribution is 5.77. The molecule has 0 N–H and O–H groups in total. The molecule has 170 valence electrons. The summed E-state index contributed by atoms with van der Waals surface area (Å²) in [6.45, 7) is 1.78. The predicted molar refractivity (Wildman–Crippen MR) is 108 cm³/mol. The summed E-state index contributed by atoms with van der Waals surface area (Å²) >= 11 is 0. The standard InChI is InChI=1S/C23H33F3O4/c1-2-3-4-5-6-7-8-9-10-11-16-29-21(27)14-15-22(28)30-17-18-19(24)12-13-20(25)23(18)26/h12-13H,2-11,14-17H2,1H3. The SMILES string of the molecule is CCCCCCCCCCCCOC(=O)CCC(=O)OCc1c(F)ccc(F)c1F. The van der Waals surface area contributed by atoms with Crippen molar-refractivity contribution in [1.29, 1.82) is 0 Å². The molecule has 0 spiro atoms. The summed E-state index contributed by atoms with van der Waals surface area (Å²) in [7, 11) is 0. The van der Waals surface area contributed by atoms with Crippen LogP contribution in [0, 0.1) is 17.5 Å². The first-order chi connectivity index (χ1) is 14.5. The zero-order valence-corrected chi connectivity index (χ0v) is 17.8. The third kappa shape index (κ3) is 11.2. The van der Waals surface area contributed by atoms with Crippen molar-refractivity contribution in [3.63, 3.8) is 0 Å². The fraction of sp³-hybridized carbons (Fsp3) is 0.652. The largest absolute Gasteiger partial charge is 0.466 e. The zero-order chi connectivity index (χ0) is 22.2. The van der Waals surface area contributed by atoms with Crippen molar-refractivity contribution in [3.05, 3.63) is 35.1 Å². The Labute approximate surface area is 177 Å². The molecule has 0 radical (unpaired) electrons. The topological polar surface area (TPSA) is 52.6 Å². The van der Waals surface area contributed by atoms with E-state index >= 15 is 0 Å². The summed E-state index contributed by atoms with van der Waals surface area (Å²) < 4.78 is 49.8. The van der Waals surface area contributed by atoms with Gasteiger partial charge in [-0.25, -0.2) is 13.2 Å². The number of carbonyl (C=O) groups excluding carboxylic acids is 2. The Hall–Kier alpha value is -2.05. The van der Waals surface area contributed by atoms with Crippen molar-refractivity contribution in [1.82, 2.24) is 0 Å². The van der Waals surface area contributed by atoms with E-state index < -0.39 is 41.6 Å². The Morgan fingerprint density at radius 3 is 1.83 bits per heavy atom. The van der Waals surface area contributed by atoms with Crippen LogP contribution in [0.15, 0.2) is 12.1 Å². The van der Waals surface area contributed by atoms with Crippen LogP contribution in [0.3, 0.4) is 0 Å². The van der Waals surface area contributed by atoms with Crippen LogP contribution in [0.5, 0.6) is 0 Å². The molecular weight excluding hydrogens is 397 g/mol. The summed E-state index contributed by atoms with van der Waals surface area (Å²) in [4.78, 5) is 23.3. The Bertz CT molecular complexity index is 650. The molecule has 0 aromatic heterocycles. The molecule has 0 fully saturated rings. The van der Waals surface area contributed by atoms with Gasteiger partial charge in [0.2, 0.25) is 0 Å². The van der Waals surface area contributed by atoms with Gasteiger partial charge < -0.3 is 9.47 Å². The average molecular weight is 431 g/mol. The molecule has 1 rings (SSSR count). The summed E-state index contributed by atoms with van der Waals surface area (Å²) in [6, 6.07) is 1.41. The molecule has 0 aliphatic rings. The van der Waals surface area contributed by atoms with Crippen LogP contribution in [0.25, 0.3) is 0 Å². The second-order valence-corrected chi connectivity index (χ2v) is 7.38. The monoisotopic (exact) mass is 430 g/mol. The van der Waals surface area contributed by atoms with Gasteiger partial charge in [-0.05, 0) is 18.6 Å². The minimum atomic E-state index is -1.39. The molecular formula is C23H33F3O4. The van der Waals surface area contributed by atoms with Crippen LogP contribution >= 0.6 is 0 Å². The van der Waals surface area contributed by atoms with E-state index in [1.807, 2.05) is 0 Å². The molecule has 1 aromatic carbocycles. The van der Waals surface area contributed by atoms with Crippen molar-refractivity contribution in [3.8, 4) is 0 Å².